The number of fused-ring (bicyclic) bond motifs is 1. The monoisotopic (exact) mass is 469 g/mol. The van der Waals surface area contributed by atoms with Gasteiger partial charge in [-0.25, -0.2) is 4.98 Å². The molecule has 3 aromatic rings. The van der Waals surface area contributed by atoms with E-state index < -0.39 is 11.7 Å². The zero-order chi connectivity index (χ0) is 23.7. The van der Waals surface area contributed by atoms with Crippen LogP contribution in [0.25, 0.3) is 17.0 Å². The number of likely N-dealkylation sites (tertiary alicyclic amines) is 1. The summed E-state index contributed by atoms with van der Waals surface area (Å²) in [6, 6.07) is 10.8. The molecule has 5 rings (SSSR count). The third kappa shape index (κ3) is 4.23. The molecular formula is C24H22F3N5O2. The van der Waals surface area contributed by atoms with E-state index in [0.29, 0.717) is 29.3 Å². The number of nitrogens with zero attached hydrogens (tertiary/aromatic N) is 4. The first-order valence-corrected chi connectivity index (χ1v) is 11.0. The van der Waals surface area contributed by atoms with E-state index in [2.05, 4.69) is 15.3 Å². The number of allylic oxidation sites excluding steroid dienone is 2. The molecule has 1 N–H and O–H groups in total. The molecule has 7 nitrogen and oxygen atoms in total. The predicted octanol–water partition coefficient (Wildman–Crippen LogP) is 3.95. The first-order chi connectivity index (χ1) is 16.4. The number of aromatic nitrogens is 3. The van der Waals surface area contributed by atoms with Gasteiger partial charge in [0.2, 0.25) is 0 Å². The summed E-state index contributed by atoms with van der Waals surface area (Å²) in [5.41, 5.74) is 1.55. The van der Waals surface area contributed by atoms with Gasteiger partial charge < -0.3 is 15.0 Å². The summed E-state index contributed by atoms with van der Waals surface area (Å²) >= 11 is 0. The summed E-state index contributed by atoms with van der Waals surface area (Å²) in [6.45, 7) is 0.371. The molecule has 0 saturated carbocycles. The lowest BCUT2D eigenvalue weighted by Gasteiger charge is -2.26. The maximum absolute atomic E-state index is 13.6. The summed E-state index contributed by atoms with van der Waals surface area (Å²) in [7, 11) is 0. The maximum Gasteiger partial charge on any atom is 0.414 e. The average Bonchev–Trinajstić information content (AvgIpc) is 3.47. The number of alkyl halides is 3. The quantitative estimate of drug-likeness (QED) is 0.613. The van der Waals surface area contributed by atoms with Gasteiger partial charge in [-0.3, -0.25) is 14.2 Å². The van der Waals surface area contributed by atoms with Crippen molar-refractivity contribution in [3.8, 4) is 11.4 Å². The van der Waals surface area contributed by atoms with Crippen LogP contribution >= 0.6 is 0 Å². The van der Waals surface area contributed by atoms with Crippen LogP contribution in [0.1, 0.15) is 23.3 Å². The minimum absolute atomic E-state index is 0.173. The van der Waals surface area contributed by atoms with Crippen LogP contribution < -0.4 is 5.32 Å². The third-order valence-corrected chi connectivity index (χ3v) is 5.96. The van der Waals surface area contributed by atoms with Crippen molar-refractivity contribution >= 4 is 11.6 Å². The molecule has 34 heavy (non-hydrogen) atoms. The van der Waals surface area contributed by atoms with E-state index in [1.807, 2.05) is 47.0 Å². The zero-order valence-electron chi connectivity index (χ0n) is 18.1. The molecule has 2 aliphatic heterocycles. The van der Waals surface area contributed by atoms with Crippen molar-refractivity contribution in [1.82, 2.24) is 24.6 Å². The van der Waals surface area contributed by atoms with E-state index >= 15 is 0 Å². The summed E-state index contributed by atoms with van der Waals surface area (Å²) in [4.78, 5) is 24.4. The summed E-state index contributed by atoms with van der Waals surface area (Å²) < 4.78 is 46.0. The Morgan fingerprint density at radius 1 is 1.18 bits per heavy atom. The van der Waals surface area contributed by atoms with Gasteiger partial charge in [-0.05, 0) is 49.3 Å². The summed E-state index contributed by atoms with van der Waals surface area (Å²) in [5, 5.41) is 2.65. The molecule has 0 unspecified atom stereocenters. The molecule has 0 bridgehead atoms. The lowest BCUT2D eigenvalue weighted by atomic mass is 10.2. The van der Waals surface area contributed by atoms with E-state index in [4.69, 9.17) is 4.74 Å². The highest BCUT2D eigenvalue weighted by Gasteiger charge is 2.35. The topological polar surface area (TPSA) is 71.8 Å². The van der Waals surface area contributed by atoms with Gasteiger partial charge in [-0.1, -0.05) is 12.1 Å². The van der Waals surface area contributed by atoms with Gasteiger partial charge in [-0.2, -0.15) is 13.2 Å². The maximum atomic E-state index is 13.6. The smallest absolute Gasteiger partial charge is 0.414 e. The van der Waals surface area contributed by atoms with Crippen molar-refractivity contribution in [1.29, 1.82) is 0 Å². The number of carbonyl (C=O) groups excluding carboxylic acids is 1. The fourth-order valence-electron chi connectivity index (χ4n) is 4.26. The van der Waals surface area contributed by atoms with Crippen molar-refractivity contribution in [3.05, 3.63) is 78.1 Å². The minimum Gasteiger partial charge on any atom is -0.477 e. The second-order valence-electron chi connectivity index (χ2n) is 8.13. The second-order valence-corrected chi connectivity index (χ2v) is 8.13. The molecule has 1 saturated heterocycles. The molecule has 10 heteroatoms. The highest BCUT2D eigenvalue weighted by molar-refractivity contribution is 5.99. The fourth-order valence-corrected chi connectivity index (χ4v) is 4.26. The van der Waals surface area contributed by atoms with Gasteiger partial charge in [-0.15, -0.1) is 0 Å². The van der Waals surface area contributed by atoms with E-state index in [1.54, 1.807) is 11.1 Å². The van der Waals surface area contributed by atoms with Crippen LogP contribution in [0, 0.1) is 0 Å². The summed E-state index contributed by atoms with van der Waals surface area (Å²) in [5.74, 6) is 0.0366. The van der Waals surface area contributed by atoms with Gasteiger partial charge >= 0.3 is 6.18 Å². The van der Waals surface area contributed by atoms with Crippen LogP contribution in [0.15, 0.2) is 72.4 Å². The number of nitrogens with one attached hydrogen (secondary N) is 1. The standard InChI is InChI=1S/C24H22F3N5O2/c25-24(26,27)16-9-10-20(29-14-16)34-15-17-6-5-13-31(17)23(33)21-22(18-7-1-3-11-28-18)32-12-4-2-8-19(32)30-21/h1-4,7-12,17,29H,5-6,13-15H2/t17-/m0/s1. The minimum atomic E-state index is -4.37. The van der Waals surface area contributed by atoms with Crippen molar-refractivity contribution < 1.29 is 22.7 Å². The Morgan fingerprint density at radius 3 is 2.76 bits per heavy atom. The van der Waals surface area contributed by atoms with Gasteiger partial charge in [0.1, 0.15) is 17.9 Å². The lowest BCUT2D eigenvalue weighted by Crippen LogP contribution is -2.39. The molecule has 2 aliphatic rings. The number of halogens is 3. The molecule has 1 fully saturated rings. The number of hydrogen-bond acceptors (Lipinski definition) is 5. The average molecular weight is 469 g/mol. The van der Waals surface area contributed by atoms with Gasteiger partial charge in [0.25, 0.3) is 5.91 Å². The molecule has 0 radical (unpaired) electrons. The number of dihydropyridines is 1. The predicted molar refractivity (Wildman–Crippen MR) is 119 cm³/mol. The Morgan fingerprint density at radius 2 is 2.03 bits per heavy atom. The molecule has 5 heterocycles. The van der Waals surface area contributed by atoms with Crippen LogP contribution in [0.3, 0.4) is 0 Å². The Hall–Kier alpha value is -3.82. The number of imidazole rings is 1. The van der Waals surface area contributed by atoms with Crippen LogP contribution in [0.5, 0.6) is 0 Å². The second kappa shape index (κ2) is 8.85. The molecule has 176 valence electrons. The Labute approximate surface area is 193 Å². The third-order valence-electron chi connectivity index (χ3n) is 5.96. The number of ether oxygens (including phenoxy) is 1. The molecule has 0 aliphatic carbocycles. The van der Waals surface area contributed by atoms with Gasteiger partial charge in [0, 0.05) is 25.5 Å². The van der Waals surface area contributed by atoms with Crippen LogP contribution in [0.2, 0.25) is 0 Å². The molecular weight excluding hydrogens is 447 g/mol. The molecule has 1 amide bonds. The van der Waals surface area contributed by atoms with Crippen LogP contribution in [0.4, 0.5) is 13.2 Å². The van der Waals surface area contributed by atoms with Gasteiger partial charge in [0.15, 0.2) is 11.6 Å². The lowest BCUT2D eigenvalue weighted by molar-refractivity contribution is -0.0933. The van der Waals surface area contributed by atoms with Crippen molar-refractivity contribution in [2.24, 2.45) is 0 Å². The first-order valence-electron chi connectivity index (χ1n) is 11.0. The van der Waals surface area contributed by atoms with Crippen molar-refractivity contribution in [3.63, 3.8) is 0 Å². The Balaban J connectivity index is 1.37. The van der Waals surface area contributed by atoms with Crippen molar-refractivity contribution in [2.75, 3.05) is 19.7 Å². The van der Waals surface area contributed by atoms with Crippen LogP contribution in [-0.4, -0.2) is 57.1 Å². The van der Waals surface area contributed by atoms with Gasteiger partial charge in [0.05, 0.1) is 17.3 Å². The first kappa shape index (κ1) is 22.0. The molecule has 1 atom stereocenters. The highest BCUT2D eigenvalue weighted by Crippen LogP contribution is 2.29. The number of rotatable bonds is 5. The number of hydrogen-bond donors (Lipinski definition) is 1. The fraction of sp³-hybridized carbons (Fsp3) is 0.292. The Bertz CT molecular complexity index is 1270. The molecule has 3 aromatic heterocycles. The SMILES string of the molecule is O=C(c1nc2ccccn2c1-c1ccccn1)N1CCC[C@H]1COC1=CC=C(C(F)(F)F)CN1. The van der Waals surface area contributed by atoms with E-state index in [0.717, 1.165) is 18.9 Å². The molecule has 0 spiro atoms. The van der Waals surface area contributed by atoms with E-state index in [1.165, 1.54) is 6.08 Å². The zero-order valence-corrected chi connectivity index (χ0v) is 18.1. The number of carbonyl (C=O) groups is 1. The highest BCUT2D eigenvalue weighted by atomic mass is 19.4. The van der Waals surface area contributed by atoms with E-state index in [9.17, 15) is 18.0 Å². The Kier molecular flexibility index (Phi) is 5.72. The van der Waals surface area contributed by atoms with E-state index in [-0.39, 0.29) is 31.0 Å². The van der Waals surface area contributed by atoms with Crippen LogP contribution in [-0.2, 0) is 4.74 Å². The summed E-state index contributed by atoms with van der Waals surface area (Å²) in [6.07, 6.45) is 2.96. The number of amides is 1. The normalized spacial score (nSPS) is 18.4. The largest absolute Gasteiger partial charge is 0.477 e. The molecule has 0 aromatic carbocycles. The number of pyridine rings is 2. The van der Waals surface area contributed by atoms with Crippen molar-refractivity contribution in [2.45, 2.75) is 25.1 Å².